The zero-order valence-corrected chi connectivity index (χ0v) is 11.9. The molecule has 8 heteroatoms. The van der Waals surface area contributed by atoms with Crippen LogP contribution in [0.3, 0.4) is 0 Å². The van der Waals surface area contributed by atoms with Crippen LogP contribution >= 0.6 is 12.4 Å². The maximum absolute atomic E-state index is 11.7. The molecule has 1 aromatic rings. The number of hydrogen-bond acceptors (Lipinski definition) is 5. The summed E-state index contributed by atoms with van der Waals surface area (Å²) < 4.78 is 4.82. The van der Waals surface area contributed by atoms with Crippen molar-refractivity contribution in [2.24, 2.45) is 0 Å². The molecule has 20 heavy (non-hydrogen) atoms. The third-order valence-electron chi connectivity index (χ3n) is 3.16. The van der Waals surface area contributed by atoms with E-state index >= 15 is 0 Å². The number of carbonyl (C=O) groups is 1. The van der Waals surface area contributed by atoms with Gasteiger partial charge in [0.25, 0.3) is 5.91 Å². The van der Waals surface area contributed by atoms with Crippen molar-refractivity contribution in [1.29, 1.82) is 0 Å². The first-order chi connectivity index (χ1) is 9.16. The zero-order chi connectivity index (χ0) is 13.7. The van der Waals surface area contributed by atoms with Crippen molar-refractivity contribution in [3.63, 3.8) is 0 Å². The average Bonchev–Trinajstić information content (AvgIpc) is 2.89. The van der Waals surface area contributed by atoms with Gasteiger partial charge in [-0.05, 0) is 32.0 Å². The molecule has 1 N–H and O–H groups in total. The van der Waals surface area contributed by atoms with Crippen LogP contribution in [-0.2, 0) is 0 Å². The van der Waals surface area contributed by atoms with E-state index in [0.717, 1.165) is 19.6 Å². The summed E-state index contributed by atoms with van der Waals surface area (Å²) in [7, 11) is 0. The van der Waals surface area contributed by atoms with Crippen LogP contribution in [0.4, 0.5) is 5.88 Å². The van der Waals surface area contributed by atoms with E-state index in [1.165, 1.54) is 31.4 Å². The fraction of sp³-hybridized carbons (Fsp3) is 0.583. The van der Waals surface area contributed by atoms with Crippen molar-refractivity contribution < 1.29 is 14.1 Å². The van der Waals surface area contributed by atoms with Gasteiger partial charge in [0, 0.05) is 13.1 Å². The van der Waals surface area contributed by atoms with Gasteiger partial charge < -0.3 is 14.6 Å². The molecule has 0 aliphatic carbocycles. The Morgan fingerprint density at radius 3 is 2.65 bits per heavy atom. The van der Waals surface area contributed by atoms with Gasteiger partial charge in [0.05, 0.1) is 6.07 Å². The van der Waals surface area contributed by atoms with Crippen LogP contribution in [0.1, 0.15) is 29.8 Å². The van der Waals surface area contributed by atoms with E-state index in [0.29, 0.717) is 6.54 Å². The van der Waals surface area contributed by atoms with Gasteiger partial charge in [-0.3, -0.25) is 14.9 Å². The lowest BCUT2D eigenvalue weighted by Gasteiger charge is -2.26. The molecule has 0 atom stereocenters. The molecule has 1 aromatic heterocycles. The standard InChI is InChI=1S/C12H17N3O4.ClH/c16-12(10-4-5-11(19-10)15(17)18)13-6-9-14-7-2-1-3-8-14;/h4-5H,1-3,6-9H2,(H,13,16);1H. The molecule has 112 valence electrons. The summed E-state index contributed by atoms with van der Waals surface area (Å²) in [6.07, 6.45) is 3.69. The number of rotatable bonds is 5. The predicted molar refractivity (Wildman–Crippen MR) is 75.2 cm³/mol. The Morgan fingerprint density at radius 2 is 2.05 bits per heavy atom. The maximum atomic E-state index is 11.7. The molecule has 2 rings (SSSR count). The number of likely N-dealkylation sites (tertiary alicyclic amines) is 1. The number of hydrogen-bond donors (Lipinski definition) is 1. The summed E-state index contributed by atoms with van der Waals surface area (Å²) in [5.74, 6) is -0.850. The SMILES string of the molecule is Cl.O=C(NCCN1CCCCC1)c1ccc([N+](=O)[O-])o1. The zero-order valence-electron chi connectivity index (χ0n) is 11.0. The van der Waals surface area contributed by atoms with Crippen molar-refractivity contribution in [2.45, 2.75) is 19.3 Å². The van der Waals surface area contributed by atoms with Crippen molar-refractivity contribution >= 4 is 24.2 Å². The largest absolute Gasteiger partial charge is 0.433 e. The Morgan fingerprint density at radius 1 is 1.35 bits per heavy atom. The smallest absolute Gasteiger partial charge is 0.395 e. The van der Waals surface area contributed by atoms with Gasteiger partial charge in [0.2, 0.25) is 0 Å². The Kier molecular flexibility index (Phi) is 6.47. The van der Waals surface area contributed by atoms with E-state index in [1.54, 1.807) is 0 Å². The van der Waals surface area contributed by atoms with E-state index < -0.39 is 16.7 Å². The summed E-state index contributed by atoms with van der Waals surface area (Å²) in [5.41, 5.74) is 0. The van der Waals surface area contributed by atoms with Crippen LogP contribution in [0.15, 0.2) is 16.5 Å². The molecule has 1 fully saturated rings. The Labute approximate surface area is 122 Å². The van der Waals surface area contributed by atoms with Crippen LogP contribution in [0, 0.1) is 10.1 Å². The second-order valence-electron chi connectivity index (χ2n) is 4.55. The molecule has 1 saturated heterocycles. The first-order valence-corrected chi connectivity index (χ1v) is 6.41. The summed E-state index contributed by atoms with van der Waals surface area (Å²) in [4.78, 5) is 23.7. The van der Waals surface area contributed by atoms with E-state index in [4.69, 9.17) is 4.42 Å². The number of amides is 1. The molecule has 0 radical (unpaired) electrons. The van der Waals surface area contributed by atoms with Crippen LogP contribution in [0.25, 0.3) is 0 Å². The summed E-state index contributed by atoms with van der Waals surface area (Å²) in [5, 5.41) is 13.1. The molecule has 1 aliphatic heterocycles. The van der Waals surface area contributed by atoms with Crippen molar-refractivity contribution in [2.75, 3.05) is 26.2 Å². The van der Waals surface area contributed by atoms with Crippen molar-refractivity contribution in [1.82, 2.24) is 10.2 Å². The third-order valence-corrected chi connectivity index (χ3v) is 3.16. The van der Waals surface area contributed by atoms with E-state index in [1.807, 2.05) is 0 Å². The van der Waals surface area contributed by atoms with Gasteiger partial charge >= 0.3 is 5.88 Å². The summed E-state index contributed by atoms with van der Waals surface area (Å²) in [6, 6.07) is 2.49. The Balaban J connectivity index is 0.00000200. The number of halogens is 1. The Bertz CT molecular complexity index is 457. The fourth-order valence-corrected chi connectivity index (χ4v) is 2.15. The Hall–Kier alpha value is -1.60. The van der Waals surface area contributed by atoms with Crippen LogP contribution < -0.4 is 5.32 Å². The topological polar surface area (TPSA) is 88.6 Å². The number of nitro groups is 1. The second-order valence-corrected chi connectivity index (χ2v) is 4.55. The molecule has 0 aromatic carbocycles. The van der Waals surface area contributed by atoms with Gasteiger partial charge in [-0.15, -0.1) is 12.4 Å². The molecule has 2 heterocycles. The number of carbonyl (C=O) groups excluding carboxylic acids is 1. The average molecular weight is 304 g/mol. The third kappa shape index (κ3) is 4.50. The monoisotopic (exact) mass is 303 g/mol. The highest BCUT2D eigenvalue weighted by Crippen LogP contribution is 2.15. The van der Waals surface area contributed by atoms with Crippen molar-refractivity contribution in [3.05, 3.63) is 28.0 Å². The van der Waals surface area contributed by atoms with Crippen LogP contribution in [0.5, 0.6) is 0 Å². The molecular weight excluding hydrogens is 286 g/mol. The molecule has 0 bridgehead atoms. The maximum Gasteiger partial charge on any atom is 0.433 e. The van der Waals surface area contributed by atoms with Gasteiger partial charge in [-0.2, -0.15) is 0 Å². The highest BCUT2D eigenvalue weighted by atomic mass is 35.5. The van der Waals surface area contributed by atoms with Gasteiger partial charge in [-0.1, -0.05) is 6.42 Å². The summed E-state index contributed by atoms with van der Waals surface area (Å²) in [6.45, 7) is 3.46. The lowest BCUT2D eigenvalue weighted by Crippen LogP contribution is -2.37. The highest BCUT2D eigenvalue weighted by Gasteiger charge is 2.17. The van der Waals surface area contributed by atoms with Crippen LogP contribution in [-0.4, -0.2) is 41.9 Å². The predicted octanol–water partition coefficient (Wildman–Crippen LogP) is 1.83. The molecule has 0 spiro atoms. The minimum absolute atomic E-state index is 0. The first-order valence-electron chi connectivity index (χ1n) is 6.41. The minimum atomic E-state index is -0.662. The molecular formula is C12H18ClN3O4. The quantitative estimate of drug-likeness (QED) is 0.662. The number of furan rings is 1. The molecule has 0 saturated carbocycles. The molecule has 1 aliphatic rings. The first kappa shape index (κ1) is 16.5. The highest BCUT2D eigenvalue weighted by molar-refractivity contribution is 5.91. The normalized spacial score (nSPS) is 15.4. The number of nitrogens with one attached hydrogen (secondary N) is 1. The number of piperidine rings is 1. The molecule has 7 nitrogen and oxygen atoms in total. The van der Waals surface area contributed by atoms with E-state index in [9.17, 15) is 14.9 Å². The molecule has 1 amide bonds. The lowest BCUT2D eigenvalue weighted by atomic mass is 10.1. The molecule has 0 unspecified atom stereocenters. The van der Waals surface area contributed by atoms with Crippen molar-refractivity contribution in [3.8, 4) is 0 Å². The van der Waals surface area contributed by atoms with Gasteiger partial charge in [-0.25, -0.2) is 0 Å². The second kappa shape index (κ2) is 7.86. The minimum Gasteiger partial charge on any atom is -0.395 e. The fourth-order valence-electron chi connectivity index (χ4n) is 2.15. The van der Waals surface area contributed by atoms with E-state index in [-0.39, 0.29) is 18.2 Å². The van der Waals surface area contributed by atoms with Gasteiger partial charge in [0.15, 0.2) is 5.76 Å². The van der Waals surface area contributed by atoms with Crippen LogP contribution in [0.2, 0.25) is 0 Å². The van der Waals surface area contributed by atoms with Gasteiger partial charge in [0.1, 0.15) is 4.92 Å². The lowest BCUT2D eigenvalue weighted by molar-refractivity contribution is -0.402. The van der Waals surface area contributed by atoms with E-state index in [2.05, 4.69) is 10.2 Å². The number of nitrogens with zero attached hydrogens (tertiary/aromatic N) is 2. The summed E-state index contributed by atoms with van der Waals surface area (Å²) >= 11 is 0.